The molecule has 0 bridgehead atoms. The van der Waals surface area contributed by atoms with E-state index in [9.17, 15) is 9.59 Å². The summed E-state index contributed by atoms with van der Waals surface area (Å²) in [6, 6.07) is 2.88. The second-order valence-electron chi connectivity index (χ2n) is 3.57. The molecule has 7 heteroatoms. The van der Waals surface area contributed by atoms with Gasteiger partial charge in [0.15, 0.2) is 5.15 Å². The Morgan fingerprint density at radius 3 is 3.06 bits per heavy atom. The molecule has 1 aliphatic heterocycles. The quantitative estimate of drug-likeness (QED) is 0.636. The number of rotatable bonds is 2. The highest BCUT2D eigenvalue weighted by atomic mass is 35.5. The molecule has 1 saturated heterocycles. The zero-order valence-corrected chi connectivity index (χ0v) is 9.62. The lowest BCUT2D eigenvalue weighted by atomic mass is 10.2. The summed E-state index contributed by atoms with van der Waals surface area (Å²) in [4.78, 5) is 26.6. The molecular formula is C10H11ClN4O2. The molecule has 1 aromatic heterocycles. The monoisotopic (exact) mass is 254 g/mol. The van der Waals surface area contributed by atoms with E-state index in [2.05, 4.69) is 20.9 Å². The third-order valence-electron chi connectivity index (χ3n) is 2.35. The molecule has 90 valence electrons. The summed E-state index contributed by atoms with van der Waals surface area (Å²) < 4.78 is 0. The normalized spacial score (nSPS) is 19.6. The van der Waals surface area contributed by atoms with Gasteiger partial charge in [-0.1, -0.05) is 11.6 Å². The Morgan fingerprint density at radius 1 is 1.59 bits per heavy atom. The van der Waals surface area contributed by atoms with Crippen LogP contribution in [0.5, 0.6) is 0 Å². The third kappa shape index (κ3) is 2.92. The fourth-order valence-corrected chi connectivity index (χ4v) is 1.62. The average Bonchev–Trinajstić information content (AvgIpc) is 2.33. The van der Waals surface area contributed by atoms with E-state index in [1.807, 2.05) is 0 Å². The highest BCUT2D eigenvalue weighted by Crippen LogP contribution is 2.17. The Balaban J connectivity index is 1.98. The van der Waals surface area contributed by atoms with Crippen LogP contribution in [0.2, 0.25) is 5.15 Å². The summed E-state index contributed by atoms with van der Waals surface area (Å²) in [7, 11) is 0. The third-order valence-corrected chi connectivity index (χ3v) is 2.65. The number of nitrogens with one attached hydrogen (secondary N) is 3. The number of amides is 2. The molecule has 0 aliphatic carbocycles. The van der Waals surface area contributed by atoms with E-state index < -0.39 is 6.04 Å². The molecule has 1 aliphatic rings. The average molecular weight is 255 g/mol. The van der Waals surface area contributed by atoms with Crippen molar-refractivity contribution in [2.24, 2.45) is 0 Å². The molecule has 2 heterocycles. The fourth-order valence-electron chi connectivity index (χ4n) is 1.45. The predicted molar refractivity (Wildman–Crippen MR) is 62.7 cm³/mol. The zero-order valence-electron chi connectivity index (χ0n) is 8.87. The molecule has 2 rings (SSSR count). The van der Waals surface area contributed by atoms with Crippen LogP contribution in [0.25, 0.3) is 0 Å². The number of nitrogens with zero attached hydrogens (tertiary/aromatic N) is 1. The van der Waals surface area contributed by atoms with E-state index in [0.717, 1.165) is 0 Å². The van der Waals surface area contributed by atoms with Crippen molar-refractivity contribution in [3.05, 3.63) is 23.5 Å². The fraction of sp³-hybridized carbons (Fsp3) is 0.300. The molecule has 1 atom stereocenters. The number of carbonyl (C=O) groups is 2. The van der Waals surface area contributed by atoms with Gasteiger partial charge in [0.05, 0.1) is 12.2 Å². The maximum atomic E-state index is 11.8. The van der Waals surface area contributed by atoms with Gasteiger partial charge in [0, 0.05) is 12.7 Å². The number of carbonyl (C=O) groups excluding carboxylic acids is 2. The van der Waals surface area contributed by atoms with Crippen LogP contribution in [-0.2, 0) is 9.59 Å². The van der Waals surface area contributed by atoms with Crippen LogP contribution < -0.4 is 16.0 Å². The second kappa shape index (κ2) is 5.11. The summed E-state index contributed by atoms with van der Waals surface area (Å²) >= 11 is 5.81. The number of halogens is 1. The molecular weight excluding hydrogens is 244 g/mol. The van der Waals surface area contributed by atoms with Crippen LogP contribution in [0.15, 0.2) is 18.3 Å². The van der Waals surface area contributed by atoms with E-state index in [1.54, 1.807) is 12.1 Å². The first-order chi connectivity index (χ1) is 8.16. The molecule has 0 aromatic carbocycles. The highest BCUT2D eigenvalue weighted by molar-refractivity contribution is 6.32. The highest BCUT2D eigenvalue weighted by Gasteiger charge is 2.24. The van der Waals surface area contributed by atoms with Crippen molar-refractivity contribution in [3.63, 3.8) is 0 Å². The van der Waals surface area contributed by atoms with Gasteiger partial charge in [-0.15, -0.1) is 0 Å². The number of piperazine rings is 1. The molecule has 0 spiro atoms. The summed E-state index contributed by atoms with van der Waals surface area (Å²) in [6.45, 7) is 0.404. The van der Waals surface area contributed by atoms with Crippen molar-refractivity contribution >= 4 is 29.1 Å². The smallest absolute Gasteiger partial charge is 0.243 e. The lowest BCUT2D eigenvalue weighted by Crippen LogP contribution is -2.56. The Kier molecular flexibility index (Phi) is 3.55. The van der Waals surface area contributed by atoms with Crippen LogP contribution >= 0.6 is 11.6 Å². The van der Waals surface area contributed by atoms with Crippen molar-refractivity contribution in [1.82, 2.24) is 15.6 Å². The van der Waals surface area contributed by atoms with E-state index >= 15 is 0 Å². The molecule has 3 N–H and O–H groups in total. The van der Waals surface area contributed by atoms with Crippen molar-refractivity contribution in [1.29, 1.82) is 0 Å². The summed E-state index contributed by atoms with van der Waals surface area (Å²) in [5.74, 6) is -0.367. The SMILES string of the molecule is O=C1CNC(C(=O)Nc2cccnc2Cl)CN1. The first kappa shape index (κ1) is 11.8. The van der Waals surface area contributed by atoms with Gasteiger partial charge >= 0.3 is 0 Å². The van der Waals surface area contributed by atoms with Crippen molar-refractivity contribution in [2.75, 3.05) is 18.4 Å². The van der Waals surface area contributed by atoms with Crippen molar-refractivity contribution < 1.29 is 9.59 Å². The van der Waals surface area contributed by atoms with Gasteiger partial charge in [-0.3, -0.25) is 14.9 Å². The predicted octanol–water partition coefficient (Wildman–Crippen LogP) is -0.239. The maximum absolute atomic E-state index is 11.8. The van der Waals surface area contributed by atoms with Gasteiger partial charge < -0.3 is 10.6 Å². The van der Waals surface area contributed by atoms with Gasteiger partial charge in [0.1, 0.15) is 6.04 Å². The Hall–Kier alpha value is -1.66. The topological polar surface area (TPSA) is 83.1 Å². The molecule has 0 saturated carbocycles. The van der Waals surface area contributed by atoms with Crippen LogP contribution in [0.4, 0.5) is 5.69 Å². The van der Waals surface area contributed by atoms with Crippen LogP contribution in [0.3, 0.4) is 0 Å². The molecule has 0 radical (unpaired) electrons. The summed E-state index contributed by atoms with van der Waals surface area (Å²) in [5.41, 5.74) is 0.456. The summed E-state index contributed by atoms with van der Waals surface area (Å²) in [6.07, 6.45) is 1.54. The van der Waals surface area contributed by atoms with Crippen molar-refractivity contribution in [2.45, 2.75) is 6.04 Å². The van der Waals surface area contributed by atoms with E-state index in [1.165, 1.54) is 6.20 Å². The van der Waals surface area contributed by atoms with Gasteiger partial charge in [0.2, 0.25) is 11.8 Å². The maximum Gasteiger partial charge on any atom is 0.243 e. The molecule has 6 nitrogen and oxygen atoms in total. The Bertz CT molecular complexity index is 442. The van der Waals surface area contributed by atoms with Gasteiger partial charge in [-0.05, 0) is 12.1 Å². The largest absolute Gasteiger partial charge is 0.353 e. The number of aromatic nitrogens is 1. The van der Waals surface area contributed by atoms with Crippen molar-refractivity contribution in [3.8, 4) is 0 Å². The molecule has 1 fully saturated rings. The Morgan fingerprint density at radius 2 is 2.41 bits per heavy atom. The number of anilines is 1. The Labute approximate surface area is 103 Å². The minimum atomic E-state index is -0.455. The first-order valence-corrected chi connectivity index (χ1v) is 5.46. The van der Waals surface area contributed by atoms with Gasteiger partial charge in [0.25, 0.3) is 0 Å². The van der Waals surface area contributed by atoms with Crippen LogP contribution in [0.1, 0.15) is 0 Å². The number of pyridine rings is 1. The minimum absolute atomic E-state index is 0.117. The van der Waals surface area contributed by atoms with E-state index in [4.69, 9.17) is 11.6 Å². The lowest BCUT2D eigenvalue weighted by Gasteiger charge is -2.23. The molecule has 17 heavy (non-hydrogen) atoms. The second-order valence-corrected chi connectivity index (χ2v) is 3.93. The summed E-state index contributed by atoms with van der Waals surface area (Å²) in [5, 5.41) is 8.31. The zero-order chi connectivity index (χ0) is 12.3. The lowest BCUT2D eigenvalue weighted by molar-refractivity contribution is -0.124. The van der Waals surface area contributed by atoms with E-state index in [-0.39, 0.29) is 30.1 Å². The van der Waals surface area contributed by atoms with Crippen LogP contribution in [0, 0.1) is 0 Å². The molecule has 1 unspecified atom stereocenters. The van der Waals surface area contributed by atoms with Gasteiger partial charge in [-0.25, -0.2) is 4.98 Å². The first-order valence-electron chi connectivity index (χ1n) is 5.08. The standard InChI is InChI=1S/C10H11ClN4O2/c11-9-6(2-1-3-12-9)15-10(17)7-4-14-8(16)5-13-7/h1-3,7,13H,4-5H2,(H,14,16)(H,15,17). The van der Waals surface area contributed by atoms with Gasteiger partial charge in [-0.2, -0.15) is 0 Å². The number of hydrogen-bond acceptors (Lipinski definition) is 4. The molecule has 2 amide bonds. The molecule has 1 aromatic rings. The number of hydrogen-bond donors (Lipinski definition) is 3. The van der Waals surface area contributed by atoms with E-state index in [0.29, 0.717) is 5.69 Å². The minimum Gasteiger partial charge on any atom is -0.353 e. The van der Waals surface area contributed by atoms with Crippen LogP contribution in [-0.4, -0.2) is 35.9 Å².